The van der Waals surface area contributed by atoms with E-state index in [0.717, 1.165) is 45.4 Å². The van der Waals surface area contributed by atoms with Crippen LogP contribution in [0.15, 0.2) is 35.3 Å². The minimum Gasteiger partial charge on any atom is -0.379 e. The molecule has 0 amide bonds. The van der Waals surface area contributed by atoms with Crippen LogP contribution in [-0.2, 0) is 9.47 Å². The van der Waals surface area contributed by atoms with E-state index in [9.17, 15) is 0 Å². The molecule has 2 aliphatic heterocycles. The zero-order valence-electron chi connectivity index (χ0n) is 15.8. The third-order valence-corrected chi connectivity index (χ3v) is 5.14. The number of likely N-dealkylation sites (tertiary alicyclic amines) is 1. The average molecular weight is 474 g/mol. The summed E-state index contributed by atoms with van der Waals surface area (Å²) in [4.78, 5) is 9.40. The highest BCUT2D eigenvalue weighted by Crippen LogP contribution is 2.18. The lowest BCUT2D eigenvalue weighted by Gasteiger charge is -2.32. The number of hydrogen-bond acceptors (Lipinski definition) is 4. The second kappa shape index (κ2) is 11.1. The Bertz CT molecular complexity index is 552. The van der Waals surface area contributed by atoms with Crippen molar-refractivity contribution in [1.82, 2.24) is 15.1 Å². The number of halogens is 1. The number of benzene rings is 1. The maximum absolute atomic E-state index is 5.65. The number of methoxy groups -OCH3 is 1. The smallest absolute Gasteiger partial charge is 0.193 e. The molecule has 2 saturated heterocycles. The molecule has 3 rings (SSSR count). The number of morpholine rings is 1. The molecule has 1 aromatic carbocycles. The lowest BCUT2D eigenvalue weighted by Crippen LogP contribution is -2.47. The van der Waals surface area contributed by atoms with Crippen LogP contribution in [0.25, 0.3) is 0 Å². The molecule has 0 bridgehead atoms. The number of nitrogens with zero attached hydrogens (tertiary/aromatic N) is 3. The van der Waals surface area contributed by atoms with Gasteiger partial charge in [0, 0.05) is 52.9 Å². The molecule has 26 heavy (non-hydrogen) atoms. The van der Waals surface area contributed by atoms with Gasteiger partial charge in [-0.3, -0.25) is 9.89 Å². The summed E-state index contributed by atoms with van der Waals surface area (Å²) in [6.07, 6.45) is 1.21. The number of nitrogens with one attached hydrogen (secondary N) is 1. The molecular formula is C19H31IN4O2. The van der Waals surface area contributed by atoms with Gasteiger partial charge in [-0.1, -0.05) is 30.3 Å². The number of guanidine groups is 1. The molecule has 2 aliphatic rings. The fourth-order valence-electron chi connectivity index (χ4n) is 3.70. The minimum atomic E-state index is 0. The van der Waals surface area contributed by atoms with Crippen LogP contribution in [0.3, 0.4) is 0 Å². The van der Waals surface area contributed by atoms with E-state index >= 15 is 0 Å². The maximum atomic E-state index is 5.65. The van der Waals surface area contributed by atoms with Crippen LogP contribution >= 0.6 is 24.0 Å². The Kier molecular flexibility index (Phi) is 9.10. The first-order chi connectivity index (χ1) is 12.3. The number of ether oxygens (including phenoxy) is 2. The molecule has 0 spiro atoms. The first kappa shape index (κ1) is 21.4. The van der Waals surface area contributed by atoms with Gasteiger partial charge in [0.15, 0.2) is 5.96 Å². The van der Waals surface area contributed by atoms with E-state index in [0.29, 0.717) is 12.6 Å². The lowest BCUT2D eigenvalue weighted by atomic mass is 10.1. The van der Waals surface area contributed by atoms with Gasteiger partial charge < -0.3 is 19.7 Å². The van der Waals surface area contributed by atoms with E-state index in [4.69, 9.17) is 9.47 Å². The highest BCUT2D eigenvalue weighted by atomic mass is 127. The van der Waals surface area contributed by atoms with Gasteiger partial charge in [0.1, 0.15) is 0 Å². The van der Waals surface area contributed by atoms with Crippen molar-refractivity contribution in [2.45, 2.75) is 18.6 Å². The molecule has 146 valence electrons. The van der Waals surface area contributed by atoms with Gasteiger partial charge in [-0.2, -0.15) is 0 Å². The highest BCUT2D eigenvalue weighted by Gasteiger charge is 2.30. The molecule has 2 fully saturated rings. The van der Waals surface area contributed by atoms with E-state index in [1.807, 2.05) is 25.2 Å². The Labute approximate surface area is 173 Å². The van der Waals surface area contributed by atoms with Gasteiger partial charge in [0.05, 0.1) is 19.3 Å². The SMILES string of the molecule is CN=C(NCC(OC)c1ccccc1)N1CCC(N2CCOCC2)C1.I. The van der Waals surface area contributed by atoms with E-state index in [-0.39, 0.29) is 30.1 Å². The molecule has 1 N–H and O–H groups in total. The van der Waals surface area contributed by atoms with Crippen LogP contribution in [0.1, 0.15) is 18.1 Å². The third-order valence-electron chi connectivity index (χ3n) is 5.14. The Morgan fingerprint density at radius 1 is 1.27 bits per heavy atom. The van der Waals surface area contributed by atoms with E-state index in [2.05, 4.69) is 32.2 Å². The van der Waals surface area contributed by atoms with E-state index in [1.54, 1.807) is 7.11 Å². The highest BCUT2D eigenvalue weighted by molar-refractivity contribution is 14.0. The lowest BCUT2D eigenvalue weighted by molar-refractivity contribution is 0.0194. The molecule has 0 aliphatic carbocycles. The molecule has 0 aromatic heterocycles. The van der Waals surface area contributed by atoms with Crippen molar-refractivity contribution in [1.29, 1.82) is 0 Å². The summed E-state index contributed by atoms with van der Waals surface area (Å²) in [5.41, 5.74) is 1.18. The van der Waals surface area contributed by atoms with Crippen molar-refractivity contribution >= 4 is 29.9 Å². The zero-order chi connectivity index (χ0) is 17.5. The molecule has 1 aromatic rings. The van der Waals surface area contributed by atoms with Crippen LogP contribution in [0, 0.1) is 0 Å². The van der Waals surface area contributed by atoms with Crippen molar-refractivity contribution in [3.8, 4) is 0 Å². The summed E-state index contributed by atoms with van der Waals surface area (Å²) >= 11 is 0. The van der Waals surface area contributed by atoms with Gasteiger partial charge in [-0.15, -0.1) is 24.0 Å². The molecular weight excluding hydrogens is 443 g/mol. The quantitative estimate of drug-likeness (QED) is 0.402. The van der Waals surface area contributed by atoms with Crippen LogP contribution in [0.4, 0.5) is 0 Å². The molecule has 6 nitrogen and oxygen atoms in total. The molecule has 0 radical (unpaired) electrons. The Balaban J connectivity index is 0.00000243. The van der Waals surface area contributed by atoms with Crippen LogP contribution < -0.4 is 5.32 Å². The first-order valence-electron chi connectivity index (χ1n) is 9.17. The van der Waals surface area contributed by atoms with Crippen molar-refractivity contribution < 1.29 is 9.47 Å². The number of aliphatic imine (C=N–C) groups is 1. The monoisotopic (exact) mass is 474 g/mol. The normalized spacial score (nSPS) is 22.8. The third kappa shape index (κ3) is 5.55. The van der Waals surface area contributed by atoms with Gasteiger partial charge in [0.25, 0.3) is 0 Å². The molecule has 2 atom stereocenters. The number of rotatable bonds is 5. The molecule has 0 saturated carbocycles. The molecule has 2 unspecified atom stereocenters. The molecule has 2 heterocycles. The summed E-state index contributed by atoms with van der Waals surface area (Å²) in [6, 6.07) is 10.9. The Morgan fingerprint density at radius 3 is 2.65 bits per heavy atom. The predicted octanol–water partition coefficient (Wildman–Crippen LogP) is 1.97. The van der Waals surface area contributed by atoms with Crippen molar-refractivity contribution in [3.63, 3.8) is 0 Å². The minimum absolute atomic E-state index is 0. The second-order valence-corrected chi connectivity index (χ2v) is 6.60. The summed E-state index contributed by atoms with van der Waals surface area (Å²) in [6.45, 7) is 6.60. The topological polar surface area (TPSA) is 49.3 Å². The standard InChI is InChI=1S/C19H30N4O2.HI/c1-20-19(21-14-18(24-2)16-6-4-3-5-7-16)23-9-8-17(15-23)22-10-12-25-13-11-22;/h3-7,17-18H,8-15H2,1-2H3,(H,20,21);1H. The zero-order valence-corrected chi connectivity index (χ0v) is 18.1. The van der Waals surface area contributed by atoms with Gasteiger partial charge in [0.2, 0.25) is 0 Å². The van der Waals surface area contributed by atoms with Gasteiger partial charge >= 0.3 is 0 Å². The molecule has 7 heteroatoms. The van der Waals surface area contributed by atoms with E-state index < -0.39 is 0 Å². The van der Waals surface area contributed by atoms with Crippen LogP contribution in [0.5, 0.6) is 0 Å². The van der Waals surface area contributed by atoms with Gasteiger partial charge in [-0.05, 0) is 12.0 Å². The summed E-state index contributed by atoms with van der Waals surface area (Å²) < 4.78 is 11.1. The first-order valence-corrected chi connectivity index (χ1v) is 9.17. The van der Waals surface area contributed by atoms with Crippen molar-refractivity contribution in [2.75, 3.05) is 60.1 Å². The Hall–Kier alpha value is -0.900. The average Bonchev–Trinajstić information content (AvgIpc) is 3.17. The predicted molar refractivity (Wildman–Crippen MR) is 115 cm³/mol. The summed E-state index contributed by atoms with van der Waals surface area (Å²) in [5, 5.41) is 3.49. The van der Waals surface area contributed by atoms with E-state index in [1.165, 1.54) is 12.0 Å². The number of hydrogen-bond donors (Lipinski definition) is 1. The second-order valence-electron chi connectivity index (χ2n) is 6.60. The van der Waals surface area contributed by atoms with Crippen LogP contribution in [0.2, 0.25) is 0 Å². The summed E-state index contributed by atoms with van der Waals surface area (Å²) in [5.74, 6) is 0.966. The maximum Gasteiger partial charge on any atom is 0.193 e. The largest absolute Gasteiger partial charge is 0.379 e. The fraction of sp³-hybridized carbons (Fsp3) is 0.632. The summed E-state index contributed by atoms with van der Waals surface area (Å²) in [7, 11) is 3.61. The van der Waals surface area contributed by atoms with Crippen LogP contribution in [-0.4, -0.2) is 81.9 Å². The van der Waals surface area contributed by atoms with Gasteiger partial charge in [-0.25, -0.2) is 0 Å². The van der Waals surface area contributed by atoms with Crippen molar-refractivity contribution in [2.24, 2.45) is 4.99 Å². The fourth-order valence-corrected chi connectivity index (χ4v) is 3.70. The van der Waals surface area contributed by atoms with Crippen molar-refractivity contribution in [3.05, 3.63) is 35.9 Å². The Morgan fingerprint density at radius 2 is 2.00 bits per heavy atom.